The Hall–Kier alpha value is -1.81. The molecule has 26 heavy (non-hydrogen) atoms. The number of nitrogens with zero attached hydrogens (tertiary/aromatic N) is 1. The molecule has 1 aliphatic heterocycles. The van der Waals surface area contributed by atoms with Gasteiger partial charge < -0.3 is 4.74 Å². The molecular formula is C22H26BrNO2. The Bertz CT molecular complexity index is 767. The van der Waals surface area contributed by atoms with Crippen LogP contribution in [0.25, 0.3) is 0 Å². The fraction of sp³-hybridized carbons (Fsp3) is 0.409. The lowest BCUT2D eigenvalue weighted by Gasteiger charge is -2.38. The van der Waals surface area contributed by atoms with Gasteiger partial charge in [0.1, 0.15) is 5.60 Å². The third-order valence-electron chi connectivity index (χ3n) is 4.61. The third kappa shape index (κ3) is 4.67. The van der Waals surface area contributed by atoms with Gasteiger partial charge in [0, 0.05) is 10.5 Å². The van der Waals surface area contributed by atoms with Crippen LogP contribution in [0.5, 0.6) is 0 Å². The second-order valence-electron chi connectivity index (χ2n) is 7.84. The standard InChI is InChI=1S/C22H26BrNO2/c1-22(2,3)26-21(25)24-19(12-9-16-7-5-4-6-8-16)13-10-17-15-18(23)11-14-20(17)24/h4-8,11,14-15,19H,9-10,12-13H2,1-3H3. The Labute approximate surface area is 164 Å². The molecule has 1 amide bonds. The zero-order chi connectivity index (χ0) is 18.7. The van der Waals surface area contributed by atoms with Crippen LogP contribution >= 0.6 is 15.9 Å². The molecule has 2 aromatic rings. The lowest BCUT2D eigenvalue weighted by molar-refractivity contribution is 0.0558. The topological polar surface area (TPSA) is 29.5 Å². The minimum Gasteiger partial charge on any atom is -0.443 e. The third-order valence-corrected chi connectivity index (χ3v) is 5.11. The van der Waals surface area contributed by atoms with Gasteiger partial charge in [0.05, 0.1) is 5.69 Å². The van der Waals surface area contributed by atoms with Crippen LogP contribution in [0, 0.1) is 0 Å². The number of amides is 1. The predicted molar refractivity (Wildman–Crippen MR) is 110 cm³/mol. The fourth-order valence-electron chi connectivity index (χ4n) is 3.45. The molecule has 0 saturated carbocycles. The van der Waals surface area contributed by atoms with Crippen molar-refractivity contribution in [2.45, 2.75) is 58.1 Å². The second-order valence-corrected chi connectivity index (χ2v) is 8.76. The monoisotopic (exact) mass is 415 g/mol. The molecule has 0 fully saturated rings. The van der Waals surface area contributed by atoms with Crippen molar-refractivity contribution in [1.82, 2.24) is 0 Å². The highest BCUT2D eigenvalue weighted by Crippen LogP contribution is 2.35. The molecule has 4 heteroatoms. The van der Waals surface area contributed by atoms with Crippen molar-refractivity contribution in [3.8, 4) is 0 Å². The van der Waals surface area contributed by atoms with E-state index in [-0.39, 0.29) is 12.1 Å². The summed E-state index contributed by atoms with van der Waals surface area (Å²) in [6, 6.07) is 16.7. The largest absolute Gasteiger partial charge is 0.443 e. The fourth-order valence-corrected chi connectivity index (χ4v) is 3.86. The molecule has 0 aromatic heterocycles. The van der Waals surface area contributed by atoms with E-state index in [1.54, 1.807) is 0 Å². The molecule has 1 heterocycles. The zero-order valence-corrected chi connectivity index (χ0v) is 17.3. The average Bonchev–Trinajstić information content (AvgIpc) is 2.58. The summed E-state index contributed by atoms with van der Waals surface area (Å²) in [5.41, 5.74) is 2.97. The number of carbonyl (C=O) groups excluding carboxylic acids is 1. The predicted octanol–water partition coefficient (Wildman–Crippen LogP) is 6.14. The van der Waals surface area contributed by atoms with Crippen molar-refractivity contribution in [3.63, 3.8) is 0 Å². The smallest absolute Gasteiger partial charge is 0.415 e. The summed E-state index contributed by atoms with van der Waals surface area (Å²) in [4.78, 5) is 14.8. The summed E-state index contributed by atoms with van der Waals surface area (Å²) in [5, 5.41) is 0. The number of benzene rings is 2. The molecule has 1 atom stereocenters. The van der Waals surface area contributed by atoms with E-state index in [0.717, 1.165) is 35.8 Å². The first-order valence-electron chi connectivity index (χ1n) is 9.18. The Kier molecular flexibility index (Phi) is 5.71. The summed E-state index contributed by atoms with van der Waals surface area (Å²) in [7, 11) is 0. The van der Waals surface area contributed by atoms with Gasteiger partial charge in [0.25, 0.3) is 0 Å². The molecule has 0 spiro atoms. The first-order valence-corrected chi connectivity index (χ1v) is 9.97. The van der Waals surface area contributed by atoms with E-state index >= 15 is 0 Å². The number of halogens is 1. The highest BCUT2D eigenvalue weighted by Gasteiger charge is 2.33. The molecule has 0 saturated heterocycles. The van der Waals surface area contributed by atoms with E-state index in [4.69, 9.17) is 4.74 Å². The quantitative estimate of drug-likeness (QED) is 0.602. The van der Waals surface area contributed by atoms with Crippen molar-refractivity contribution < 1.29 is 9.53 Å². The maximum Gasteiger partial charge on any atom is 0.415 e. The summed E-state index contributed by atoms with van der Waals surface area (Å²) in [6.07, 6.45) is 3.57. The Balaban J connectivity index is 1.85. The molecule has 0 aliphatic carbocycles. The minimum atomic E-state index is -0.506. The van der Waals surface area contributed by atoms with Crippen LogP contribution < -0.4 is 4.90 Å². The molecule has 3 rings (SSSR count). The van der Waals surface area contributed by atoms with E-state index < -0.39 is 5.60 Å². The zero-order valence-electron chi connectivity index (χ0n) is 15.7. The van der Waals surface area contributed by atoms with Crippen LogP contribution in [0.1, 0.15) is 44.7 Å². The van der Waals surface area contributed by atoms with Gasteiger partial charge in [-0.3, -0.25) is 4.90 Å². The van der Waals surface area contributed by atoms with Gasteiger partial charge in [-0.1, -0.05) is 46.3 Å². The minimum absolute atomic E-state index is 0.152. The van der Waals surface area contributed by atoms with E-state index in [1.165, 1.54) is 11.1 Å². The summed E-state index contributed by atoms with van der Waals surface area (Å²) < 4.78 is 6.77. The highest BCUT2D eigenvalue weighted by atomic mass is 79.9. The number of rotatable bonds is 3. The molecule has 3 nitrogen and oxygen atoms in total. The van der Waals surface area contributed by atoms with Crippen LogP contribution in [0.3, 0.4) is 0 Å². The molecule has 1 aliphatic rings. The van der Waals surface area contributed by atoms with Gasteiger partial charge in [-0.25, -0.2) is 4.79 Å². The van der Waals surface area contributed by atoms with Gasteiger partial charge >= 0.3 is 6.09 Å². The maximum atomic E-state index is 13.0. The molecule has 0 bridgehead atoms. The lowest BCUT2D eigenvalue weighted by Crippen LogP contribution is -2.46. The number of hydrogen-bond donors (Lipinski definition) is 0. The summed E-state index contributed by atoms with van der Waals surface area (Å²) in [5.74, 6) is 0. The Morgan fingerprint density at radius 1 is 1.19 bits per heavy atom. The Morgan fingerprint density at radius 2 is 1.92 bits per heavy atom. The summed E-state index contributed by atoms with van der Waals surface area (Å²) >= 11 is 3.54. The number of anilines is 1. The molecule has 0 radical (unpaired) electrons. The van der Waals surface area contributed by atoms with Gasteiger partial charge in [-0.2, -0.15) is 0 Å². The maximum absolute atomic E-state index is 13.0. The number of aryl methyl sites for hydroxylation is 2. The van der Waals surface area contributed by atoms with E-state index in [1.807, 2.05) is 43.9 Å². The van der Waals surface area contributed by atoms with Crippen LogP contribution in [0.2, 0.25) is 0 Å². The van der Waals surface area contributed by atoms with Crippen molar-refractivity contribution in [1.29, 1.82) is 0 Å². The lowest BCUT2D eigenvalue weighted by atomic mass is 9.92. The number of fused-ring (bicyclic) bond motifs is 1. The van der Waals surface area contributed by atoms with Gasteiger partial charge in [-0.15, -0.1) is 0 Å². The van der Waals surface area contributed by atoms with E-state index in [2.05, 4.69) is 46.3 Å². The highest BCUT2D eigenvalue weighted by molar-refractivity contribution is 9.10. The van der Waals surface area contributed by atoms with Crippen LogP contribution in [-0.4, -0.2) is 17.7 Å². The molecule has 2 aromatic carbocycles. The van der Waals surface area contributed by atoms with Crippen molar-refractivity contribution in [2.24, 2.45) is 0 Å². The summed E-state index contributed by atoms with van der Waals surface area (Å²) in [6.45, 7) is 5.74. The average molecular weight is 416 g/mol. The van der Waals surface area contributed by atoms with Crippen molar-refractivity contribution in [3.05, 3.63) is 64.1 Å². The van der Waals surface area contributed by atoms with Crippen molar-refractivity contribution in [2.75, 3.05) is 4.90 Å². The molecule has 138 valence electrons. The number of ether oxygens (including phenoxy) is 1. The van der Waals surface area contributed by atoms with Crippen LogP contribution in [0.4, 0.5) is 10.5 Å². The van der Waals surface area contributed by atoms with Crippen LogP contribution in [-0.2, 0) is 17.6 Å². The first-order chi connectivity index (χ1) is 12.3. The van der Waals surface area contributed by atoms with Crippen LogP contribution in [0.15, 0.2) is 53.0 Å². The second kappa shape index (κ2) is 7.83. The Morgan fingerprint density at radius 3 is 2.62 bits per heavy atom. The first kappa shape index (κ1) is 19.0. The SMILES string of the molecule is CC(C)(C)OC(=O)N1c2ccc(Br)cc2CCC1CCc1ccccc1. The normalized spacial score (nSPS) is 16.9. The number of carbonyl (C=O) groups is 1. The van der Waals surface area contributed by atoms with E-state index in [9.17, 15) is 4.79 Å². The van der Waals surface area contributed by atoms with Gasteiger partial charge in [0.2, 0.25) is 0 Å². The van der Waals surface area contributed by atoms with E-state index in [0.29, 0.717) is 0 Å². The van der Waals surface area contributed by atoms with Gasteiger partial charge in [-0.05, 0) is 75.8 Å². The molecular weight excluding hydrogens is 390 g/mol. The molecule has 0 N–H and O–H groups in total. The molecule has 1 unspecified atom stereocenters. The van der Waals surface area contributed by atoms with Crippen molar-refractivity contribution >= 4 is 27.7 Å². The number of hydrogen-bond acceptors (Lipinski definition) is 2. The van der Waals surface area contributed by atoms with Gasteiger partial charge in [0.15, 0.2) is 0 Å².